The molecule has 1 aliphatic carbocycles. The van der Waals surface area contributed by atoms with Gasteiger partial charge in [-0.3, -0.25) is 9.59 Å². The first-order valence-corrected chi connectivity index (χ1v) is 10.0. The molecule has 1 saturated carbocycles. The van der Waals surface area contributed by atoms with Crippen molar-refractivity contribution in [3.05, 3.63) is 35.6 Å². The van der Waals surface area contributed by atoms with Crippen LogP contribution in [0.5, 0.6) is 0 Å². The summed E-state index contributed by atoms with van der Waals surface area (Å²) in [5.74, 6) is -0.0802. The van der Waals surface area contributed by atoms with Crippen LogP contribution in [0.3, 0.4) is 0 Å². The van der Waals surface area contributed by atoms with E-state index >= 15 is 0 Å². The highest BCUT2D eigenvalue weighted by molar-refractivity contribution is 8.00. The lowest BCUT2D eigenvalue weighted by Crippen LogP contribution is -2.42. The van der Waals surface area contributed by atoms with E-state index in [1.54, 1.807) is 19.1 Å². The molecule has 2 rings (SSSR count). The van der Waals surface area contributed by atoms with Gasteiger partial charge >= 0.3 is 5.97 Å². The minimum Gasteiger partial charge on any atom is -0.465 e. The number of thioether (sulfide) groups is 1. The maximum absolute atomic E-state index is 13.1. The molecule has 25 heavy (non-hydrogen) atoms. The second-order valence-corrected chi connectivity index (χ2v) is 7.22. The minimum absolute atomic E-state index is 0.0329. The van der Waals surface area contributed by atoms with Crippen LogP contribution in [0.15, 0.2) is 24.3 Å². The van der Waals surface area contributed by atoms with Crippen molar-refractivity contribution in [1.82, 2.24) is 4.90 Å². The molecule has 1 fully saturated rings. The van der Waals surface area contributed by atoms with Crippen LogP contribution >= 0.6 is 11.8 Å². The van der Waals surface area contributed by atoms with E-state index in [0.717, 1.165) is 31.2 Å². The van der Waals surface area contributed by atoms with Crippen molar-refractivity contribution < 1.29 is 18.7 Å². The zero-order valence-electron chi connectivity index (χ0n) is 14.7. The van der Waals surface area contributed by atoms with E-state index in [9.17, 15) is 14.0 Å². The van der Waals surface area contributed by atoms with Gasteiger partial charge in [-0.1, -0.05) is 31.4 Å². The molecule has 0 N–H and O–H groups in total. The molecule has 4 nitrogen and oxygen atoms in total. The highest BCUT2D eigenvalue weighted by atomic mass is 32.2. The van der Waals surface area contributed by atoms with E-state index in [2.05, 4.69) is 0 Å². The fourth-order valence-electron chi connectivity index (χ4n) is 3.11. The first-order valence-electron chi connectivity index (χ1n) is 8.87. The van der Waals surface area contributed by atoms with Gasteiger partial charge in [0.2, 0.25) is 5.91 Å². The quantitative estimate of drug-likeness (QED) is 0.656. The first kappa shape index (κ1) is 19.8. The zero-order valence-corrected chi connectivity index (χ0v) is 15.5. The summed E-state index contributed by atoms with van der Waals surface area (Å²) < 4.78 is 18.0. The topological polar surface area (TPSA) is 46.6 Å². The molecule has 1 amide bonds. The fraction of sp³-hybridized carbons (Fsp3) is 0.579. The van der Waals surface area contributed by atoms with Gasteiger partial charge in [-0.2, -0.15) is 0 Å². The summed E-state index contributed by atoms with van der Waals surface area (Å²) in [5.41, 5.74) is 0.927. The van der Waals surface area contributed by atoms with Crippen molar-refractivity contribution in [3.63, 3.8) is 0 Å². The molecule has 0 saturated heterocycles. The van der Waals surface area contributed by atoms with E-state index in [-0.39, 0.29) is 35.2 Å². The lowest BCUT2D eigenvalue weighted by Gasteiger charge is -2.34. The molecule has 0 heterocycles. The standard InChI is InChI=1S/C19H26FNO3S/c1-2-24-19(23)14-25-13-18(22)21(17-6-4-3-5-7-17)12-15-8-10-16(20)11-9-15/h8-11,17H,2-7,12-14H2,1H3. The van der Waals surface area contributed by atoms with E-state index in [1.807, 2.05) is 4.90 Å². The Balaban J connectivity index is 1.96. The molecule has 0 bridgehead atoms. The average molecular weight is 367 g/mol. The van der Waals surface area contributed by atoms with Crippen LogP contribution in [0.1, 0.15) is 44.6 Å². The summed E-state index contributed by atoms with van der Waals surface area (Å²) in [6.07, 6.45) is 5.50. The Morgan fingerprint density at radius 3 is 2.48 bits per heavy atom. The molecular weight excluding hydrogens is 341 g/mol. The molecule has 0 aliphatic heterocycles. The summed E-state index contributed by atoms with van der Waals surface area (Å²) in [5, 5.41) is 0. The predicted octanol–water partition coefficient (Wildman–Crippen LogP) is 3.78. The Labute approximate surface area is 153 Å². The second-order valence-electron chi connectivity index (χ2n) is 6.24. The van der Waals surface area contributed by atoms with Gasteiger partial charge in [-0.05, 0) is 37.5 Å². The zero-order chi connectivity index (χ0) is 18.1. The maximum Gasteiger partial charge on any atom is 0.315 e. The summed E-state index contributed by atoms with van der Waals surface area (Å²) in [6, 6.07) is 6.53. The number of rotatable bonds is 8. The summed E-state index contributed by atoms with van der Waals surface area (Å²) in [7, 11) is 0. The lowest BCUT2D eigenvalue weighted by atomic mass is 9.94. The molecule has 1 aliphatic rings. The number of amides is 1. The number of nitrogens with zero attached hydrogens (tertiary/aromatic N) is 1. The summed E-state index contributed by atoms with van der Waals surface area (Å²) in [6.45, 7) is 2.61. The Hall–Kier alpha value is -1.56. The normalized spacial score (nSPS) is 15.0. The molecule has 0 spiro atoms. The Morgan fingerprint density at radius 2 is 1.84 bits per heavy atom. The lowest BCUT2D eigenvalue weighted by molar-refractivity contribution is -0.139. The molecule has 1 aromatic rings. The van der Waals surface area contributed by atoms with E-state index in [0.29, 0.717) is 13.2 Å². The van der Waals surface area contributed by atoms with Gasteiger partial charge < -0.3 is 9.64 Å². The van der Waals surface area contributed by atoms with Crippen molar-refractivity contribution in [1.29, 1.82) is 0 Å². The van der Waals surface area contributed by atoms with Crippen LogP contribution in [0.25, 0.3) is 0 Å². The van der Waals surface area contributed by atoms with Crippen LogP contribution in [-0.2, 0) is 20.9 Å². The van der Waals surface area contributed by atoms with Crippen molar-refractivity contribution in [2.24, 2.45) is 0 Å². The number of halogens is 1. The van der Waals surface area contributed by atoms with Gasteiger partial charge in [0.05, 0.1) is 18.1 Å². The van der Waals surface area contributed by atoms with E-state index < -0.39 is 0 Å². The number of ether oxygens (including phenoxy) is 1. The first-order chi connectivity index (χ1) is 12.1. The Kier molecular flexibility index (Phi) is 8.25. The highest BCUT2D eigenvalue weighted by Crippen LogP contribution is 2.25. The third kappa shape index (κ3) is 6.69. The molecule has 0 unspecified atom stereocenters. The Morgan fingerprint density at radius 1 is 1.16 bits per heavy atom. The Bertz CT molecular complexity index is 558. The van der Waals surface area contributed by atoms with Gasteiger partial charge in [0, 0.05) is 12.6 Å². The predicted molar refractivity (Wildman–Crippen MR) is 97.8 cm³/mol. The highest BCUT2D eigenvalue weighted by Gasteiger charge is 2.25. The maximum atomic E-state index is 13.1. The van der Waals surface area contributed by atoms with Crippen LogP contribution < -0.4 is 0 Å². The largest absolute Gasteiger partial charge is 0.465 e. The number of hydrogen-bond donors (Lipinski definition) is 0. The van der Waals surface area contributed by atoms with Gasteiger partial charge in [0.15, 0.2) is 0 Å². The molecule has 138 valence electrons. The van der Waals surface area contributed by atoms with Gasteiger partial charge in [-0.15, -0.1) is 11.8 Å². The number of carbonyl (C=O) groups is 2. The van der Waals surface area contributed by atoms with Crippen LogP contribution in [0, 0.1) is 5.82 Å². The van der Waals surface area contributed by atoms with Crippen molar-refractivity contribution >= 4 is 23.6 Å². The van der Waals surface area contributed by atoms with Gasteiger partial charge in [0.25, 0.3) is 0 Å². The van der Waals surface area contributed by atoms with Crippen LogP contribution in [-0.4, -0.2) is 40.9 Å². The van der Waals surface area contributed by atoms with Crippen molar-refractivity contribution in [3.8, 4) is 0 Å². The minimum atomic E-state index is -0.289. The number of benzene rings is 1. The number of hydrogen-bond acceptors (Lipinski definition) is 4. The van der Waals surface area contributed by atoms with Crippen molar-refractivity contribution in [2.75, 3.05) is 18.1 Å². The molecule has 0 atom stereocenters. The molecule has 1 aromatic carbocycles. The average Bonchev–Trinajstić information content (AvgIpc) is 2.62. The van der Waals surface area contributed by atoms with Gasteiger partial charge in [0.1, 0.15) is 5.82 Å². The monoisotopic (exact) mass is 367 g/mol. The number of esters is 1. The third-order valence-corrected chi connectivity index (χ3v) is 5.24. The van der Waals surface area contributed by atoms with Crippen LogP contribution in [0.4, 0.5) is 4.39 Å². The third-order valence-electron chi connectivity index (χ3n) is 4.35. The molecule has 0 radical (unpaired) electrons. The summed E-state index contributed by atoms with van der Waals surface area (Å²) >= 11 is 1.29. The number of carbonyl (C=O) groups excluding carboxylic acids is 2. The molecule has 6 heteroatoms. The van der Waals surface area contributed by atoms with Gasteiger partial charge in [-0.25, -0.2) is 4.39 Å². The SMILES string of the molecule is CCOC(=O)CSCC(=O)N(Cc1ccc(F)cc1)C1CCCCC1. The van der Waals surface area contributed by atoms with Crippen LogP contribution in [0.2, 0.25) is 0 Å². The second kappa shape index (κ2) is 10.4. The molecular formula is C19H26FNO3S. The summed E-state index contributed by atoms with van der Waals surface area (Å²) in [4.78, 5) is 26.1. The van der Waals surface area contributed by atoms with E-state index in [1.165, 1.54) is 30.3 Å². The fourth-order valence-corrected chi connectivity index (χ4v) is 3.80. The molecule has 0 aromatic heterocycles. The van der Waals surface area contributed by atoms with Crippen molar-refractivity contribution in [2.45, 2.75) is 51.6 Å². The van der Waals surface area contributed by atoms with E-state index in [4.69, 9.17) is 4.74 Å². The smallest absolute Gasteiger partial charge is 0.315 e.